The highest BCUT2D eigenvalue weighted by Gasteiger charge is 2.24. The van der Waals surface area contributed by atoms with Gasteiger partial charge in [-0.25, -0.2) is 0 Å². The first-order valence-corrected chi connectivity index (χ1v) is 8.14. The number of methoxy groups -OCH3 is 1. The van der Waals surface area contributed by atoms with Crippen LogP contribution in [0.1, 0.15) is 37.4 Å². The molecule has 2 heterocycles. The summed E-state index contributed by atoms with van der Waals surface area (Å²) in [6, 6.07) is 0. The van der Waals surface area contributed by atoms with Gasteiger partial charge < -0.3 is 15.0 Å². The number of anilines is 1. The molecule has 5 nitrogen and oxygen atoms in total. The third-order valence-corrected chi connectivity index (χ3v) is 4.49. The maximum atomic E-state index is 5.10. The second kappa shape index (κ2) is 7.80. The van der Waals surface area contributed by atoms with Gasteiger partial charge in [0.05, 0.1) is 12.3 Å². The van der Waals surface area contributed by atoms with Crippen LogP contribution in [-0.4, -0.2) is 43.1 Å². The number of hydrogen-bond donors (Lipinski definition) is 1. The Balaban J connectivity index is 2.10. The molecule has 1 unspecified atom stereocenters. The van der Waals surface area contributed by atoms with E-state index in [1.54, 1.807) is 7.11 Å². The van der Waals surface area contributed by atoms with Gasteiger partial charge in [-0.2, -0.15) is 5.10 Å². The highest BCUT2D eigenvalue weighted by Crippen LogP contribution is 2.29. The summed E-state index contributed by atoms with van der Waals surface area (Å²) in [7, 11) is 3.80. The SMILES string of the molecule is CCC1CCCN(c2c(CNCCOC)c(C)nn2C)C1. The van der Waals surface area contributed by atoms with E-state index in [4.69, 9.17) is 4.74 Å². The summed E-state index contributed by atoms with van der Waals surface area (Å²) in [5.74, 6) is 2.12. The minimum absolute atomic E-state index is 0.746. The van der Waals surface area contributed by atoms with E-state index in [9.17, 15) is 0 Å². The lowest BCUT2D eigenvalue weighted by atomic mass is 9.95. The van der Waals surface area contributed by atoms with Crippen LogP contribution in [0.3, 0.4) is 0 Å². The Labute approximate surface area is 128 Å². The lowest BCUT2D eigenvalue weighted by Crippen LogP contribution is -2.37. The van der Waals surface area contributed by atoms with E-state index in [0.717, 1.165) is 37.9 Å². The number of ether oxygens (including phenoxy) is 1. The van der Waals surface area contributed by atoms with Crippen LogP contribution < -0.4 is 10.2 Å². The first-order valence-electron chi connectivity index (χ1n) is 8.14. The lowest BCUT2D eigenvalue weighted by Gasteiger charge is -2.34. The van der Waals surface area contributed by atoms with Crippen LogP contribution in [0.2, 0.25) is 0 Å². The number of nitrogens with one attached hydrogen (secondary N) is 1. The number of aromatic nitrogens is 2. The Morgan fingerprint density at radius 2 is 2.24 bits per heavy atom. The van der Waals surface area contributed by atoms with Gasteiger partial charge in [0.25, 0.3) is 0 Å². The molecule has 1 saturated heterocycles. The minimum Gasteiger partial charge on any atom is -0.383 e. The molecule has 0 radical (unpaired) electrons. The highest BCUT2D eigenvalue weighted by molar-refractivity contribution is 5.50. The van der Waals surface area contributed by atoms with Crippen LogP contribution in [0.4, 0.5) is 5.82 Å². The van der Waals surface area contributed by atoms with Crippen molar-refractivity contribution in [2.24, 2.45) is 13.0 Å². The van der Waals surface area contributed by atoms with E-state index >= 15 is 0 Å². The first kappa shape index (κ1) is 16.3. The summed E-state index contributed by atoms with van der Waals surface area (Å²) in [6.45, 7) is 9.22. The van der Waals surface area contributed by atoms with Crippen LogP contribution in [0.5, 0.6) is 0 Å². The molecule has 0 spiro atoms. The molecule has 0 saturated carbocycles. The summed E-state index contributed by atoms with van der Waals surface area (Å²) in [4.78, 5) is 2.53. The van der Waals surface area contributed by atoms with Crippen LogP contribution in [0, 0.1) is 12.8 Å². The summed E-state index contributed by atoms with van der Waals surface area (Å²) < 4.78 is 7.15. The zero-order valence-corrected chi connectivity index (χ0v) is 14.0. The predicted octanol–water partition coefficient (Wildman–Crippen LogP) is 2.09. The van der Waals surface area contributed by atoms with Gasteiger partial charge in [0.15, 0.2) is 0 Å². The van der Waals surface area contributed by atoms with E-state index in [2.05, 4.69) is 40.9 Å². The van der Waals surface area contributed by atoms with Crippen LogP contribution >= 0.6 is 0 Å². The molecule has 0 aromatic carbocycles. The van der Waals surface area contributed by atoms with Gasteiger partial charge in [0.1, 0.15) is 5.82 Å². The van der Waals surface area contributed by atoms with Crippen molar-refractivity contribution in [3.63, 3.8) is 0 Å². The van der Waals surface area contributed by atoms with Crippen molar-refractivity contribution in [2.75, 3.05) is 38.3 Å². The Morgan fingerprint density at radius 3 is 2.95 bits per heavy atom. The van der Waals surface area contributed by atoms with E-state index in [1.807, 2.05) is 0 Å². The summed E-state index contributed by atoms with van der Waals surface area (Å²) >= 11 is 0. The van der Waals surface area contributed by atoms with Gasteiger partial charge in [-0.05, 0) is 25.7 Å². The average molecular weight is 294 g/mol. The second-order valence-electron chi connectivity index (χ2n) is 6.04. The first-order chi connectivity index (χ1) is 10.2. The zero-order valence-electron chi connectivity index (χ0n) is 14.0. The molecule has 2 rings (SSSR count). The monoisotopic (exact) mass is 294 g/mol. The molecule has 1 aromatic heterocycles. The Hall–Kier alpha value is -1.07. The van der Waals surface area contributed by atoms with Gasteiger partial charge >= 0.3 is 0 Å². The molecule has 1 fully saturated rings. The van der Waals surface area contributed by atoms with Crippen molar-refractivity contribution >= 4 is 5.82 Å². The topological polar surface area (TPSA) is 42.3 Å². The third kappa shape index (κ3) is 3.98. The molecule has 1 atom stereocenters. The summed E-state index contributed by atoms with van der Waals surface area (Å²) in [6.07, 6.45) is 3.93. The maximum Gasteiger partial charge on any atom is 0.131 e. The van der Waals surface area contributed by atoms with Crippen molar-refractivity contribution in [1.82, 2.24) is 15.1 Å². The molecule has 1 aromatic rings. The fourth-order valence-corrected chi connectivity index (χ4v) is 3.27. The summed E-state index contributed by atoms with van der Waals surface area (Å²) in [5.41, 5.74) is 2.47. The molecule has 5 heteroatoms. The maximum absolute atomic E-state index is 5.10. The number of rotatable bonds is 7. The van der Waals surface area contributed by atoms with E-state index in [1.165, 1.54) is 37.2 Å². The van der Waals surface area contributed by atoms with Gasteiger partial charge in [-0.15, -0.1) is 0 Å². The fourth-order valence-electron chi connectivity index (χ4n) is 3.27. The molecular weight excluding hydrogens is 264 g/mol. The molecule has 21 heavy (non-hydrogen) atoms. The van der Waals surface area contributed by atoms with Crippen molar-refractivity contribution in [2.45, 2.75) is 39.7 Å². The number of piperidine rings is 1. The van der Waals surface area contributed by atoms with Crippen LogP contribution in [-0.2, 0) is 18.3 Å². The van der Waals surface area contributed by atoms with Crippen molar-refractivity contribution in [3.05, 3.63) is 11.3 Å². The van der Waals surface area contributed by atoms with Crippen LogP contribution in [0.25, 0.3) is 0 Å². The molecule has 1 N–H and O–H groups in total. The Kier molecular flexibility index (Phi) is 6.06. The highest BCUT2D eigenvalue weighted by atomic mass is 16.5. The largest absolute Gasteiger partial charge is 0.383 e. The Morgan fingerprint density at radius 1 is 1.43 bits per heavy atom. The number of nitrogens with zero attached hydrogens (tertiary/aromatic N) is 3. The molecule has 0 bridgehead atoms. The van der Waals surface area contributed by atoms with Gasteiger partial charge in [-0.3, -0.25) is 4.68 Å². The standard InChI is InChI=1S/C16H30N4O/c1-5-14-7-6-9-20(12-14)16-15(11-17-8-10-21-4)13(2)18-19(16)3/h14,17H,5-12H2,1-4H3. The molecule has 120 valence electrons. The fraction of sp³-hybridized carbons (Fsp3) is 0.812. The molecule has 0 amide bonds. The van der Waals surface area contributed by atoms with Crippen molar-refractivity contribution in [1.29, 1.82) is 0 Å². The number of hydrogen-bond acceptors (Lipinski definition) is 4. The van der Waals surface area contributed by atoms with Gasteiger partial charge in [0.2, 0.25) is 0 Å². The van der Waals surface area contributed by atoms with Gasteiger partial charge in [-0.1, -0.05) is 13.3 Å². The zero-order chi connectivity index (χ0) is 15.2. The third-order valence-electron chi connectivity index (χ3n) is 4.49. The van der Waals surface area contributed by atoms with E-state index in [0.29, 0.717) is 0 Å². The molecular formula is C16H30N4O. The number of aryl methyl sites for hydroxylation is 2. The van der Waals surface area contributed by atoms with Crippen molar-refractivity contribution < 1.29 is 4.74 Å². The normalized spacial score (nSPS) is 19.2. The summed E-state index contributed by atoms with van der Waals surface area (Å²) in [5, 5.41) is 8.10. The van der Waals surface area contributed by atoms with Crippen molar-refractivity contribution in [3.8, 4) is 0 Å². The van der Waals surface area contributed by atoms with E-state index < -0.39 is 0 Å². The van der Waals surface area contributed by atoms with Crippen LogP contribution in [0.15, 0.2) is 0 Å². The van der Waals surface area contributed by atoms with E-state index in [-0.39, 0.29) is 0 Å². The molecule has 0 aliphatic carbocycles. The molecule has 1 aliphatic rings. The lowest BCUT2D eigenvalue weighted by molar-refractivity contribution is 0.199. The average Bonchev–Trinajstić information content (AvgIpc) is 2.77. The molecule has 1 aliphatic heterocycles. The second-order valence-corrected chi connectivity index (χ2v) is 6.04. The smallest absolute Gasteiger partial charge is 0.131 e. The Bertz CT molecular complexity index is 444. The minimum atomic E-state index is 0.746. The predicted molar refractivity (Wildman–Crippen MR) is 86.8 cm³/mol. The quantitative estimate of drug-likeness (QED) is 0.782. The van der Waals surface area contributed by atoms with Gasteiger partial charge in [0, 0.05) is 45.9 Å².